The van der Waals surface area contributed by atoms with E-state index in [9.17, 15) is 28.7 Å². The second-order valence-corrected chi connectivity index (χ2v) is 7.71. The van der Waals surface area contributed by atoms with Gasteiger partial charge in [-0.2, -0.15) is 0 Å². The summed E-state index contributed by atoms with van der Waals surface area (Å²) in [6, 6.07) is -3.41. The van der Waals surface area contributed by atoms with E-state index in [1.54, 1.807) is 13.8 Å². The number of nitrogens with one attached hydrogen (secondary N) is 4. The van der Waals surface area contributed by atoms with Gasteiger partial charge in [0.1, 0.15) is 18.8 Å². The minimum Gasteiger partial charge on any atom is -0.465 e. The van der Waals surface area contributed by atoms with E-state index in [2.05, 4.69) is 16.0 Å². The third kappa shape index (κ3) is 8.00. The van der Waals surface area contributed by atoms with Crippen LogP contribution in [0.15, 0.2) is 0 Å². The summed E-state index contributed by atoms with van der Waals surface area (Å²) in [5, 5.41) is 33.2. The van der Waals surface area contributed by atoms with Crippen LogP contribution in [0.4, 0.5) is 9.18 Å². The molecule has 31 heavy (non-hydrogen) atoms. The summed E-state index contributed by atoms with van der Waals surface area (Å²) < 4.78 is 12.9. The number of rotatable bonds is 11. The highest BCUT2D eigenvalue weighted by Gasteiger charge is 2.42. The topological polar surface area (TPSA) is 198 Å². The Kier molecular flexibility index (Phi) is 10.1. The lowest BCUT2D eigenvalue weighted by Crippen LogP contribution is -2.56. The standard InChI is InChI=1S/C18H31FN6O6/c1-9(2)14(24-18(30)31)16(29)25-8-10(26)6-12(25)15(28)23-11(13(27)7-19)4-3-5-22-17(20)21/h9-12,14,24,26H,3-8H2,1-2H3,(H,23,28)(H,30,31)(H4,20,21,22)/t10-,11?,12-,14?/m0/s1. The Morgan fingerprint density at radius 3 is 2.42 bits per heavy atom. The third-order valence-electron chi connectivity index (χ3n) is 4.90. The van der Waals surface area contributed by atoms with Crippen LogP contribution in [0.2, 0.25) is 0 Å². The molecule has 0 aromatic rings. The molecule has 1 rings (SSSR count). The summed E-state index contributed by atoms with van der Waals surface area (Å²) in [7, 11) is 0. The molecule has 0 radical (unpaired) electrons. The molecule has 2 unspecified atom stereocenters. The number of carboxylic acid groups (broad SMARTS) is 1. The fraction of sp³-hybridized carbons (Fsp3) is 0.722. The predicted molar refractivity (Wildman–Crippen MR) is 108 cm³/mol. The van der Waals surface area contributed by atoms with Gasteiger partial charge in [0.15, 0.2) is 11.7 Å². The van der Waals surface area contributed by atoms with Crippen molar-refractivity contribution in [1.82, 2.24) is 20.9 Å². The quantitative estimate of drug-likeness (QED) is 0.113. The SMILES string of the molecule is CC(C)C(NC(=O)O)C(=O)N1C[C@@H](O)C[C@H]1C(=O)NC(CCCNC(=N)N)C(=O)CF. The van der Waals surface area contributed by atoms with Crippen LogP contribution >= 0.6 is 0 Å². The number of carbonyl (C=O) groups is 4. The molecule has 13 heteroatoms. The van der Waals surface area contributed by atoms with Gasteiger partial charge in [-0.25, -0.2) is 9.18 Å². The van der Waals surface area contributed by atoms with Gasteiger partial charge in [0.05, 0.1) is 12.1 Å². The van der Waals surface area contributed by atoms with Gasteiger partial charge in [0.25, 0.3) is 0 Å². The zero-order valence-corrected chi connectivity index (χ0v) is 17.6. The van der Waals surface area contributed by atoms with Crippen LogP contribution < -0.4 is 21.7 Å². The lowest BCUT2D eigenvalue weighted by Gasteiger charge is -2.30. The van der Waals surface area contributed by atoms with Crippen molar-refractivity contribution in [3.63, 3.8) is 0 Å². The number of aliphatic hydroxyl groups is 1. The van der Waals surface area contributed by atoms with Gasteiger partial charge in [-0.1, -0.05) is 13.8 Å². The average Bonchev–Trinajstić information content (AvgIpc) is 3.08. The lowest BCUT2D eigenvalue weighted by molar-refractivity contribution is -0.141. The molecule has 0 saturated carbocycles. The van der Waals surface area contributed by atoms with Crippen molar-refractivity contribution in [2.45, 2.75) is 57.3 Å². The number of β-amino-alcohol motifs (C(OH)–C–C–N with tert-alkyl or cyclic N) is 1. The third-order valence-corrected chi connectivity index (χ3v) is 4.90. The van der Waals surface area contributed by atoms with Crippen molar-refractivity contribution in [2.24, 2.45) is 11.7 Å². The van der Waals surface area contributed by atoms with E-state index in [4.69, 9.17) is 16.2 Å². The van der Waals surface area contributed by atoms with Gasteiger partial charge in [0, 0.05) is 19.5 Å². The van der Waals surface area contributed by atoms with Crippen LogP contribution in [0.3, 0.4) is 0 Å². The summed E-state index contributed by atoms with van der Waals surface area (Å²) in [6.45, 7) is 2.03. The molecule has 0 aliphatic carbocycles. The van der Waals surface area contributed by atoms with Gasteiger partial charge in [-0.05, 0) is 18.8 Å². The highest BCUT2D eigenvalue weighted by Crippen LogP contribution is 2.21. The number of carbonyl (C=O) groups excluding carboxylic acids is 3. The van der Waals surface area contributed by atoms with Crippen molar-refractivity contribution in [2.75, 3.05) is 19.8 Å². The van der Waals surface area contributed by atoms with E-state index in [1.807, 2.05) is 0 Å². The average molecular weight is 446 g/mol. The first-order valence-corrected chi connectivity index (χ1v) is 9.92. The first kappa shape index (κ1) is 26.1. The minimum atomic E-state index is -1.40. The lowest BCUT2D eigenvalue weighted by atomic mass is 10.0. The molecule has 0 bridgehead atoms. The molecular formula is C18H31FN6O6. The zero-order chi connectivity index (χ0) is 23.7. The number of guanidine groups is 1. The maximum Gasteiger partial charge on any atom is 0.405 e. The van der Waals surface area contributed by atoms with Gasteiger partial charge in [-0.3, -0.25) is 19.8 Å². The maximum absolute atomic E-state index is 12.9. The summed E-state index contributed by atoms with van der Waals surface area (Å²) in [5.74, 6) is -2.94. The van der Waals surface area contributed by atoms with Crippen LogP contribution in [0.1, 0.15) is 33.1 Å². The number of nitrogens with zero attached hydrogens (tertiary/aromatic N) is 1. The van der Waals surface area contributed by atoms with Crippen molar-refractivity contribution < 1.29 is 33.8 Å². The first-order chi connectivity index (χ1) is 14.5. The Bertz CT molecular complexity index is 690. The highest BCUT2D eigenvalue weighted by molar-refractivity contribution is 5.95. The van der Waals surface area contributed by atoms with Gasteiger partial charge >= 0.3 is 6.09 Å². The molecule has 1 saturated heterocycles. The second kappa shape index (κ2) is 12.0. The normalized spacial score (nSPS) is 20.1. The first-order valence-electron chi connectivity index (χ1n) is 9.92. The Balaban J connectivity index is 2.90. The molecule has 1 fully saturated rings. The van der Waals surface area contributed by atoms with Crippen molar-refractivity contribution in [1.29, 1.82) is 5.41 Å². The predicted octanol–water partition coefficient (Wildman–Crippen LogP) is -1.47. The molecule has 0 aromatic carbocycles. The van der Waals surface area contributed by atoms with Crippen molar-refractivity contribution in [3.8, 4) is 0 Å². The Hall–Kier alpha value is -2.96. The molecular weight excluding hydrogens is 415 g/mol. The molecule has 3 amide bonds. The number of Topliss-reactive ketones (excluding diaryl/α,β-unsaturated/α-hetero) is 1. The van der Waals surface area contributed by atoms with Gasteiger partial charge in [0.2, 0.25) is 11.8 Å². The molecule has 1 heterocycles. The van der Waals surface area contributed by atoms with E-state index in [0.717, 1.165) is 4.90 Å². The zero-order valence-electron chi connectivity index (χ0n) is 17.6. The Morgan fingerprint density at radius 1 is 1.26 bits per heavy atom. The number of ketones is 1. The van der Waals surface area contributed by atoms with E-state index < -0.39 is 60.5 Å². The number of nitrogens with two attached hydrogens (primary N) is 1. The number of likely N-dealkylation sites (tertiary alicyclic amines) is 1. The second-order valence-electron chi connectivity index (χ2n) is 7.71. The molecule has 4 atom stereocenters. The molecule has 0 aromatic heterocycles. The van der Waals surface area contributed by atoms with Crippen LogP contribution in [-0.4, -0.2) is 88.8 Å². The number of hydrogen-bond donors (Lipinski definition) is 7. The number of aliphatic hydroxyl groups excluding tert-OH is 1. The fourth-order valence-corrected chi connectivity index (χ4v) is 3.34. The van der Waals surface area contributed by atoms with E-state index in [1.165, 1.54) is 0 Å². The summed E-state index contributed by atoms with van der Waals surface area (Å²) >= 11 is 0. The number of halogens is 1. The number of amides is 3. The maximum atomic E-state index is 12.9. The summed E-state index contributed by atoms with van der Waals surface area (Å²) in [4.78, 5) is 49.7. The molecule has 0 spiro atoms. The molecule has 8 N–H and O–H groups in total. The molecule has 1 aliphatic heterocycles. The van der Waals surface area contributed by atoms with E-state index in [-0.39, 0.29) is 31.9 Å². The monoisotopic (exact) mass is 446 g/mol. The largest absolute Gasteiger partial charge is 0.465 e. The van der Waals surface area contributed by atoms with E-state index in [0.29, 0.717) is 6.42 Å². The summed E-state index contributed by atoms with van der Waals surface area (Å²) in [6.07, 6.45) is -2.12. The van der Waals surface area contributed by atoms with Crippen LogP contribution in [-0.2, 0) is 14.4 Å². The Labute approximate surface area is 179 Å². The summed E-state index contributed by atoms with van der Waals surface area (Å²) in [5.41, 5.74) is 5.16. The smallest absolute Gasteiger partial charge is 0.405 e. The Morgan fingerprint density at radius 2 is 1.90 bits per heavy atom. The molecule has 12 nitrogen and oxygen atoms in total. The van der Waals surface area contributed by atoms with Crippen molar-refractivity contribution >= 4 is 29.7 Å². The number of hydrogen-bond acceptors (Lipinski definition) is 6. The van der Waals surface area contributed by atoms with E-state index >= 15 is 0 Å². The fourth-order valence-electron chi connectivity index (χ4n) is 3.34. The van der Waals surface area contributed by atoms with Crippen LogP contribution in [0.25, 0.3) is 0 Å². The molecule has 176 valence electrons. The van der Waals surface area contributed by atoms with Crippen LogP contribution in [0.5, 0.6) is 0 Å². The van der Waals surface area contributed by atoms with Crippen LogP contribution in [0, 0.1) is 11.3 Å². The van der Waals surface area contributed by atoms with Gasteiger partial charge in [-0.15, -0.1) is 0 Å². The number of alkyl halides is 1. The minimum absolute atomic E-state index is 0.0766. The molecule has 1 aliphatic rings. The highest BCUT2D eigenvalue weighted by atomic mass is 19.1. The van der Waals surface area contributed by atoms with Gasteiger partial charge < -0.3 is 36.8 Å². The van der Waals surface area contributed by atoms with Crippen molar-refractivity contribution in [3.05, 3.63) is 0 Å².